The smallest absolute Gasteiger partial charge is 0.126 e. The predicted molar refractivity (Wildman–Crippen MR) is 81.1 cm³/mol. The SMILES string of the molecule is Fc1cc(F)cc(CN2CCN(Cc3ccncc3)CC2)c1. The lowest BCUT2D eigenvalue weighted by molar-refractivity contribution is 0.122. The molecule has 1 saturated heterocycles. The Kier molecular flexibility index (Phi) is 4.75. The Bertz CT molecular complexity index is 590. The average molecular weight is 303 g/mol. The monoisotopic (exact) mass is 303 g/mol. The molecular formula is C17H19F2N3. The van der Waals surface area contributed by atoms with Crippen molar-refractivity contribution >= 4 is 0 Å². The van der Waals surface area contributed by atoms with E-state index in [0.717, 1.165) is 38.8 Å². The Morgan fingerprint density at radius 2 is 1.27 bits per heavy atom. The second-order valence-electron chi connectivity index (χ2n) is 5.69. The Morgan fingerprint density at radius 3 is 1.82 bits per heavy atom. The number of rotatable bonds is 4. The van der Waals surface area contributed by atoms with Crippen LogP contribution in [0, 0.1) is 11.6 Å². The predicted octanol–water partition coefficient (Wildman–Crippen LogP) is 2.68. The van der Waals surface area contributed by atoms with Gasteiger partial charge in [0.05, 0.1) is 0 Å². The van der Waals surface area contributed by atoms with E-state index < -0.39 is 11.6 Å². The van der Waals surface area contributed by atoms with Crippen molar-refractivity contribution in [1.82, 2.24) is 14.8 Å². The Morgan fingerprint density at radius 1 is 0.773 bits per heavy atom. The van der Waals surface area contributed by atoms with Crippen LogP contribution >= 0.6 is 0 Å². The fraction of sp³-hybridized carbons (Fsp3) is 0.353. The van der Waals surface area contributed by atoms with Crippen molar-refractivity contribution in [3.63, 3.8) is 0 Å². The molecule has 0 saturated carbocycles. The first-order chi connectivity index (χ1) is 10.7. The molecule has 0 bridgehead atoms. The van der Waals surface area contributed by atoms with Gasteiger partial charge in [-0.15, -0.1) is 0 Å². The van der Waals surface area contributed by atoms with E-state index in [1.807, 2.05) is 24.5 Å². The number of hydrogen-bond acceptors (Lipinski definition) is 3. The molecule has 0 aliphatic carbocycles. The van der Waals surface area contributed by atoms with Gasteiger partial charge in [-0.3, -0.25) is 14.8 Å². The van der Waals surface area contributed by atoms with Crippen molar-refractivity contribution in [3.8, 4) is 0 Å². The zero-order valence-corrected chi connectivity index (χ0v) is 12.4. The van der Waals surface area contributed by atoms with Gasteiger partial charge in [-0.25, -0.2) is 8.78 Å². The number of hydrogen-bond donors (Lipinski definition) is 0. The molecule has 1 aromatic heterocycles. The molecule has 3 rings (SSSR count). The van der Waals surface area contributed by atoms with Gasteiger partial charge in [0.1, 0.15) is 11.6 Å². The topological polar surface area (TPSA) is 19.4 Å². The third kappa shape index (κ3) is 4.08. The summed E-state index contributed by atoms with van der Waals surface area (Å²) in [6, 6.07) is 7.79. The number of piperazine rings is 1. The van der Waals surface area contributed by atoms with Gasteiger partial charge < -0.3 is 0 Å². The highest BCUT2D eigenvalue weighted by Gasteiger charge is 2.17. The van der Waals surface area contributed by atoms with Gasteiger partial charge in [-0.2, -0.15) is 0 Å². The second kappa shape index (κ2) is 6.94. The van der Waals surface area contributed by atoms with Crippen LogP contribution in [0.4, 0.5) is 8.78 Å². The molecule has 0 N–H and O–H groups in total. The van der Waals surface area contributed by atoms with Crippen molar-refractivity contribution < 1.29 is 8.78 Å². The van der Waals surface area contributed by atoms with E-state index in [-0.39, 0.29) is 0 Å². The van der Waals surface area contributed by atoms with Crippen LogP contribution < -0.4 is 0 Å². The maximum atomic E-state index is 13.2. The fourth-order valence-corrected chi connectivity index (χ4v) is 2.81. The third-order valence-electron chi connectivity index (χ3n) is 3.95. The molecule has 0 radical (unpaired) electrons. The molecule has 0 amide bonds. The molecule has 2 heterocycles. The minimum absolute atomic E-state index is 0.508. The van der Waals surface area contributed by atoms with Gasteiger partial charge in [-0.05, 0) is 35.4 Å². The summed E-state index contributed by atoms with van der Waals surface area (Å²) in [4.78, 5) is 8.64. The first-order valence-electron chi connectivity index (χ1n) is 7.47. The summed E-state index contributed by atoms with van der Waals surface area (Å²) in [6.45, 7) is 5.25. The lowest BCUT2D eigenvalue weighted by Gasteiger charge is -2.34. The van der Waals surface area contributed by atoms with E-state index in [0.29, 0.717) is 12.1 Å². The number of nitrogens with zero attached hydrogens (tertiary/aromatic N) is 3. The number of pyridine rings is 1. The average Bonchev–Trinajstić information content (AvgIpc) is 2.49. The van der Waals surface area contributed by atoms with Crippen molar-refractivity contribution in [3.05, 3.63) is 65.5 Å². The summed E-state index contributed by atoms with van der Waals surface area (Å²) in [5, 5.41) is 0. The molecule has 5 heteroatoms. The maximum absolute atomic E-state index is 13.2. The van der Waals surface area contributed by atoms with E-state index in [1.54, 1.807) is 0 Å². The zero-order chi connectivity index (χ0) is 15.4. The van der Waals surface area contributed by atoms with Gasteiger partial charge in [0.25, 0.3) is 0 Å². The Hall–Kier alpha value is -1.85. The van der Waals surface area contributed by atoms with Gasteiger partial charge in [-0.1, -0.05) is 0 Å². The number of aromatic nitrogens is 1. The summed E-state index contributed by atoms with van der Waals surface area (Å²) in [5.41, 5.74) is 1.95. The van der Waals surface area contributed by atoms with Crippen LogP contribution in [0.1, 0.15) is 11.1 Å². The van der Waals surface area contributed by atoms with Crippen LogP contribution in [-0.4, -0.2) is 41.0 Å². The Balaban J connectivity index is 1.51. The Labute approximate surface area is 129 Å². The summed E-state index contributed by atoms with van der Waals surface area (Å²) >= 11 is 0. The lowest BCUT2D eigenvalue weighted by Crippen LogP contribution is -2.45. The van der Waals surface area contributed by atoms with Crippen LogP contribution in [0.5, 0.6) is 0 Å². The molecule has 0 atom stereocenters. The molecule has 2 aromatic rings. The number of benzene rings is 1. The number of halogens is 2. The van der Waals surface area contributed by atoms with Crippen molar-refractivity contribution in [1.29, 1.82) is 0 Å². The first kappa shape index (κ1) is 15.1. The normalized spacial score (nSPS) is 16.8. The molecule has 1 fully saturated rings. The second-order valence-corrected chi connectivity index (χ2v) is 5.69. The highest BCUT2D eigenvalue weighted by Crippen LogP contribution is 2.13. The molecule has 1 aliphatic rings. The summed E-state index contributed by atoms with van der Waals surface area (Å²) < 4.78 is 26.4. The lowest BCUT2D eigenvalue weighted by atomic mass is 10.1. The van der Waals surface area contributed by atoms with E-state index in [1.165, 1.54) is 17.7 Å². The quantitative estimate of drug-likeness (QED) is 0.866. The van der Waals surface area contributed by atoms with Crippen LogP contribution in [0.2, 0.25) is 0 Å². The van der Waals surface area contributed by atoms with E-state index in [4.69, 9.17) is 0 Å². The summed E-state index contributed by atoms with van der Waals surface area (Å²) in [6.07, 6.45) is 3.62. The molecule has 22 heavy (non-hydrogen) atoms. The van der Waals surface area contributed by atoms with Gasteiger partial charge >= 0.3 is 0 Å². The standard InChI is InChI=1S/C17H19F2N3/c18-16-9-15(10-17(19)11-16)13-22-7-5-21(6-8-22)12-14-1-3-20-4-2-14/h1-4,9-11H,5-8,12-13H2. The largest absolute Gasteiger partial charge is 0.297 e. The molecule has 1 aliphatic heterocycles. The van der Waals surface area contributed by atoms with Crippen molar-refractivity contribution in [2.24, 2.45) is 0 Å². The van der Waals surface area contributed by atoms with E-state index >= 15 is 0 Å². The zero-order valence-electron chi connectivity index (χ0n) is 12.4. The van der Waals surface area contributed by atoms with Gasteiger partial charge in [0.2, 0.25) is 0 Å². The highest BCUT2D eigenvalue weighted by molar-refractivity contribution is 5.18. The van der Waals surface area contributed by atoms with E-state index in [2.05, 4.69) is 14.8 Å². The van der Waals surface area contributed by atoms with Gasteiger partial charge in [0, 0.05) is 57.7 Å². The van der Waals surface area contributed by atoms with Gasteiger partial charge in [0.15, 0.2) is 0 Å². The fourth-order valence-electron chi connectivity index (χ4n) is 2.81. The van der Waals surface area contributed by atoms with Crippen molar-refractivity contribution in [2.45, 2.75) is 13.1 Å². The molecule has 0 spiro atoms. The summed E-state index contributed by atoms with van der Waals surface area (Å²) in [5.74, 6) is -1.02. The molecule has 1 aromatic carbocycles. The van der Waals surface area contributed by atoms with E-state index in [9.17, 15) is 8.78 Å². The van der Waals surface area contributed by atoms with Crippen molar-refractivity contribution in [2.75, 3.05) is 26.2 Å². The van der Waals surface area contributed by atoms with Crippen LogP contribution in [0.25, 0.3) is 0 Å². The minimum Gasteiger partial charge on any atom is -0.297 e. The first-order valence-corrected chi connectivity index (χ1v) is 7.47. The third-order valence-corrected chi connectivity index (χ3v) is 3.95. The maximum Gasteiger partial charge on any atom is 0.126 e. The van der Waals surface area contributed by atoms with Crippen LogP contribution in [0.15, 0.2) is 42.7 Å². The van der Waals surface area contributed by atoms with Crippen LogP contribution in [-0.2, 0) is 13.1 Å². The highest BCUT2D eigenvalue weighted by atomic mass is 19.1. The molecule has 3 nitrogen and oxygen atoms in total. The summed E-state index contributed by atoms with van der Waals surface area (Å²) in [7, 11) is 0. The molecular weight excluding hydrogens is 284 g/mol. The minimum atomic E-state index is -0.508. The molecule has 116 valence electrons. The molecule has 0 unspecified atom stereocenters. The van der Waals surface area contributed by atoms with Crippen LogP contribution in [0.3, 0.4) is 0 Å².